The summed E-state index contributed by atoms with van der Waals surface area (Å²) < 4.78 is 27.9. The third kappa shape index (κ3) is 4.73. The van der Waals surface area contributed by atoms with Crippen molar-refractivity contribution in [3.8, 4) is 0 Å². The molecule has 0 radical (unpaired) electrons. The maximum atomic E-state index is 12.8. The standard InChI is InChI=1S/C20H22ClN3O3S2/c1-13-10-15-11-16(3-2-14(15)12-22-13)24-8-6-18(20(24)25)23-29(26,27)9-7-17-4-5-19(21)28-17/h2-5,7,9,11,13,18,22-23H,6,8,10,12H2,1H3/b9-7+/t13-,18+/m1/s1. The second-order valence-electron chi connectivity index (χ2n) is 7.38. The molecule has 1 saturated heterocycles. The number of nitrogens with zero attached hydrogens (tertiary/aromatic N) is 1. The van der Waals surface area contributed by atoms with Crippen LogP contribution in [0.5, 0.6) is 0 Å². The van der Waals surface area contributed by atoms with Gasteiger partial charge in [-0.05, 0) is 61.2 Å². The first-order chi connectivity index (χ1) is 13.8. The van der Waals surface area contributed by atoms with Crippen molar-refractivity contribution in [3.63, 3.8) is 0 Å². The molecule has 1 aromatic heterocycles. The van der Waals surface area contributed by atoms with E-state index in [4.69, 9.17) is 11.6 Å². The summed E-state index contributed by atoms with van der Waals surface area (Å²) in [5, 5.41) is 4.51. The van der Waals surface area contributed by atoms with Crippen LogP contribution in [0.2, 0.25) is 4.34 Å². The minimum absolute atomic E-state index is 0.219. The lowest BCUT2D eigenvalue weighted by Gasteiger charge is -2.25. The molecule has 0 aliphatic carbocycles. The van der Waals surface area contributed by atoms with Gasteiger partial charge in [0.1, 0.15) is 6.04 Å². The van der Waals surface area contributed by atoms with Gasteiger partial charge < -0.3 is 10.2 Å². The molecule has 3 heterocycles. The van der Waals surface area contributed by atoms with E-state index in [1.165, 1.54) is 28.5 Å². The number of carbonyl (C=O) groups is 1. The number of nitrogens with one attached hydrogen (secondary N) is 2. The van der Waals surface area contributed by atoms with Gasteiger partial charge in [0.2, 0.25) is 15.9 Å². The number of amides is 1. The number of thiophene rings is 1. The first-order valence-corrected chi connectivity index (χ1v) is 12.2. The topological polar surface area (TPSA) is 78.5 Å². The quantitative estimate of drug-likeness (QED) is 0.732. The molecule has 2 aliphatic heterocycles. The van der Waals surface area contributed by atoms with E-state index in [0.29, 0.717) is 23.3 Å². The van der Waals surface area contributed by atoms with E-state index in [9.17, 15) is 13.2 Å². The Morgan fingerprint density at radius 1 is 1.28 bits per heavy atom. The highest BCUT2D eigenvalue weighted by Crippen LogP contribution is 2.27. The summed E-state index contributed by atoms with van der Waals surface area (Å²) in [5.74, 6) is -0.219. The molecule has 2 atom stereocenters. The van der Waals surface area contributed by atoms with Crippen LogP contribution in [0.4, 0.5) is 5.69 Å². The summed E-state index contributed by atoms with van der Waals surface area (Å²) in [6.07, 6.45) is 2.83. The highest BCUT2D eigenvalue weighted by atomic mass is 35.5. The molecule has 1 fully saturated rings. The number of rotatable bonds is 5. The molecule has 9 heteroatoms. The molecule has 0 spiro atoms. The molecule has 2 N–H and O–H groups in total. The molecule has 4 rings (SSSR count). The third-order valence-electron chi connectivity index (χ3n) is 5.19. The largest absolute Gasteiger partial charge is 0.311 e. The van der Waals surface area contributed by atoms with Crippen molar-refractivity contribution >= 4 is 50.6 Å². The van der Waals surface area contributed by atoms with Crippen molar-refractivity contribution in [2.45, 2.75) is 38.4 Å². The van der Waals surface area contributed by atoms with Crippen LogP contribution in [-0.4, -0.2) is 33.0 Å². The smallest absolute Gasteiger partial charge is 0.245 e. The van der Waals surface area contributed by atoms with Crippen molar-refractivity contribution in [2.24, 2.45) is 0 Å². The monoisotopic (exact) mass is 451 g/mol. The minimum atomic E-state index is -3.74. The van der Waals surface area contributed by atoms with Crippen LogP contribution in [0.1, 0.15) is 29.3 Å². The van der Waals surface area contributed by atoms with Crippen LogP contribution in [-0.2, 0) is 27.8 Å². The number of hydrogen-bond donors (Lipinski definition) is 2. The molecule has 0 unspecified atom stereocenters. The van der Waals surface area contributed by atoms with Gasteiger partial charge in [0, 0.05) is 35.1 Å². The first kappa shape index (κ1) is 20.6. The van der Waals surface area contributed by atoms with Gasteiger partial charge in [-0.3, -0.25) is 4.79 Å². The zero-order chi connectivity index (χ0) is 20.6. The molecule has 2 aliphatic rings. The van der Waals surface area contributed by atoms with E-state index >= 15 is 0 Å². The molecule has 29 heavy (non-hydrogen) atoms. The van der Waals surface area contributed by atoms with E-state index in [-0.39, 0.29) is 5.91 Å². The zero-order valence-corrected chi connectivity index (χ0v) is 18.3. The van der Waals surface area contributed by atoms with Crippen LogP contribution in [0.25, 0.3) is 6.08 Å². The average Bonchev–Trinajstić information content (AvgIpc) is 3.25. The predicted molar refractivity (Wildman–Crippen MR) is 118 cm³/mol. The first-order valence-electron chi connectivity index (χ1n) is 9.43. The number of sulfonamides is 1. The van der Waals surface area contributed by atoms with Gasteiger partial charge in [-0.15, -0.1) is 11.3 Å². The molecule has 2 aromatic rings. The van der Waals surface area contributed by atoms with E-state index in [0.717, 1.165) is 28.9 Å². The SMILES string of the molecule is C[C@@H]1Cc2cc(N3CC[C@H](NS(=O)(=O)/C=C/c4ccc(Cl)s4)C3=O)ccc2CN1. The van der Waals surface area contributed by atoms with Crippen LogP contribution in [0.3, 0.4) is 0 Å². The van der Waals surface area contributed by atoms with Gasteiger partial charge in [-0.1, -0.05) is 17.7 Å². The molecule has 154 valence electrons. The fourth-order valence-corrected chi connectivity index (χ4v) is 5.76. The van der Waals surface area contributed by atoms with E-state index in [1.807, 2.05) is 12.1 Å². The molecule has 0 bridgehead atoms. The van der Waals surface area contributed by atoms with Crippen molar-refractivity contribution in [1.29, 1.82) is 0 Å². The number of carbonyl (C=O) groups excluding carboxylic acids is 1. The van der Waals surface area contributed by atoms with Gasteiger partial charge >= 0.3 is 0 Å². The Morgan fingerprint density at radius 2 is 2.10 bits per heavy atom. The van der Waals surface area contributed by atoms with E-state index in [2.05, 4.69) is 23.0 Å². The highest BCUT2D eigenvalue weighted by molar-refractivity contribution is 7.92. The van der Waals surface area contributed by atoms with Crippen LogP contribution < -0.4 is 14.9 Å². The number of hydrogen-bond acceptors (Lipinski definition) is 5. The molecular weight excluding hydrogens is 430 g/mol. The average molecular weight is 452 g/mol. The van der Waals surface area contributed by atoms with Gasteiger partial charge in [-0.2, -0.15) is 4.72 Å². The maximum Gasteiger partial charge on any atom is 0.245 e. The molecule has 6 nitrogen and oxygen atoms in total. The fraction of sp³-hybridized carbons (Fsp3) is 0.350. The molecule has 0 saturated carbocycles. The van der Waals surface area contributed by atoms with Crippen LogP contribution in [0.15, 0.2) is 35.7 Å². The normalized spacial score (nSPS) is 22.4. The second-order valence-corrected chi connectivity index (χ2v) is 10.7. The number of anilines is 1. The number of benzene rings is 1. The Labute approximate surface area is 179 Å². The Kier molecular flexibility index (Phi) is 5.81. The van der Waals surface area contributed by atoms with Crippen LogP contribution >= 0.6 is 22.9 Å². The van der Waals surface area contributed by atoms with Crippen molar-refractivity contribution in [1.82, 2.24) is 10.0 Å². The maximum absolute atomic E-state index is 12.8. The lowest BCUT2D eigenvalue weighted by atomic mass is 9.96. The Hall–Kier alpha value is -1.71. The molecule has 1 amide bonds. The predicted octanol–water partition coefficient (Wildman–Crippen LogP) is 3.13. The van der Waals surface area contributed by atoms with Gasteiger partial charge in [0.25, 0.3) is 0 Å². The second kappa shape index (κ2) is 8.20. The van der Waals surface area contributed by atoms with Crippen molar-refractivity contribution in [2.75, 3.05) is 11.4 Å². The Bertz CT molecular complexity index is 1060. The van der Waals surface area contributed by atoms with E-state index < -0.39 is 16.1 Å². The van der Waals surface area contributed by atoms with Crippen molar-refractivity contribution in [3.05, 3.63) is 56.1 Å². The summed E-state index contributed by atoms with van der Waals surface area (Å²) >= 11 is 7.15. The Morgan fingerprint density at radius 3 is 2.86 bits per heavy atom. The summed E-state index contributed by atoms with van der Waals surface area (Å²) in [6, 6.07) is 9.13. The summed E-state index contributed by atoms with van der Waals surface area (Å²) in [7, 11) is -3.74. The Balaban J connectivity index is 1.45. The summed E-state index contributed by atoms with van der Waals surface area (Å²) in [6.45, 7) is 3.46. The summed E-state index contributed by atoms with van der Waals surface area (Å²) in [4.78, 5) is 15.2. The summed E-state index contributed by atoms with van der Waals surface area (Å²) in [5.41, 5.74) is 3.31. The number of halogens is 1. The van der Waals surface area contributed by atoms with Gasteiger partial charge in [-0.25, -0.2) is 8.42 Å². The van der Waals surface area contributed by atoms with Crippen LogP contribution in [0, 0.1) is 0 Å². The highest BCUT2D eigenvalue weighted by Gasteiger charge is 2.35. The van der Waals surface area contributed by atoms with Gasteiger partial charge in [0.05, 0.1) is 4.34 Å². The lowest BCUT2D eigenvalue weighted by Crippen LogP contribution is -2.40. The molecular formula is C20H22ClN3O3S2. The number of fused-ring (bicyclic) bond motifs is 1. The zero-order valence-electron chi connectivity index (χ0n) is 15.9. The fourth-order valence-electron chi connectivity index (χ4n) is 3.69. The van der Waals surface area contributed by atoms with E-state index in [1.54, 1.807) is 17.0 Å². The van der Waals surface area contributed by atoms with Gasteiger partial charge in [0.15, 0.2) is 0 Å². The minimum Gasteiger partial charge on any atom is -0.311 e. The molecule has 1 aromatic carbocycles. The third-order valence-corrected chi connectivity index (χ3v) is 7.49. The lowest BCUT2D eigenvalue weighted by molar-refractivity contribution is -0.118. The van der Waals surface area contributed by atoms with Crippen molar-refractivity contribution < 1.29 is 13.2 Å².